The predicted molar refractivity (Wildman–Crippen MR) is 59.7 cm³/mol. The van der Waals surface area contributed by atoms with E-state index in [-0.39, 0.29) is 13.2 Å². The van der Waals surface area contributed by atoms with Crippen LogP contribution in [-0.2, 0) is 13.6 Å². The first-order valence-corrected chi connectivity index (χ1v) is 6.62. The van der Waals surface area contributed by atoms with Crippen LogP contribution in [0.1, 0.15) is 25.4 Å². The number of phosphoric acid groups is 1. The van der Waals surface area contributed by atoms with Gasteiger partial charge in [0, 0.05) is 6.07 Å². The molecule has 92 valence electrons. The second-order valence-electron chi connectivity index (χ2n) is 3.15. The maximum absolute atomic E-state index is 12.0. The molecular weight excluding hydrogens is 231 g/mol. The Bertz CT molecular complexity index is 375. The van der Waals surface area contributed by atoms with Crippen molar-refractivity contribution in [3.63, 3.8) is 0 Å². The van der Waals surface area contributed by atoms with E-state index < -0.39 is 7.82 Å². The van der Waals surface area contributed by atoms with Crippen molar-refractivity contribution in [2.75, 3.05) is 13.2 Å². The van der Waals surface area contributed by atoms with Crippen LogP contribution in [0.25, 0.3) is 0 Å². The quantitative estimate of drug-likeness (QED) is 0.721. The minimum Gasteiger partial charge on any atom is -0.463 e. The van der Waals surface area contributed by atoms with Gasteiger partial charge in [0.15, 0.2) is 5.75 Å². The summed E-state index contributed by atoms with van der Waals surface area (Å²) in [6.45, 7) is 7.47. The summed E-state index contributed by atoms with van der Waals surface area (Å²) in [5, 5.41) is 0. The first-order valence-electron chi connectivity index (χ1n) is 5.16. The van der Waals surface area contributed by atoms with E-state index in [1.165, 1.54) is 0 Å². The van der Waals surface area contributed by atoms with Crippen LogP contribution in [0.15, 0.2) is 10.5 Å². The summed E-state index contributed by atoms with van der Waals surface area (Å²) in [5.74, 6) is 1.63. The van der Waals surface area contributed by atoms with Gasteiger partial charge >= 0.3 is 7.82 Å². The highest BCUT2D eigenvalue weighted by molar-refractivity contribution is 7.48. The van der Waals surface area contributed by atoms with Gasteiger partial charge in [0.1, 0.15) is 11.5 Å². The fourth-order valence-electron chi connectivity index (χ4n) is 1.22. The Labute approximate surface area is 95.3 Å². The van der Waals surface area contributed by atoms with Crippen molar-refractivity contribution in [1.29, 1.82) is 0 Å². The molecule has 0 saturated heterocycles. The second-order valence-corrected chi connectivity index (χ2v) is 4.74. The lowest BCUT2D eigenvalue weighted by Gasteiger charge is -2.16. The minimum absolute atomic E-state index is 0.257. The van der Waals surface area contributed by atoms with Crippen molar-refractivity contribution < 1.29 is 22.6 Å². The summed E-state index contributed by atoms with van der Waals surface area (Å²) in [7, 11) is -3.51. The largest absolute Gasteiger partial charge is 0.530 e. The van der Waals surface area contributed by atoms with Crippen molar-refractivity contribution in [3.05, 3.63) is 17.6 Å². The molecule has 1 heterocycles. The number of hydrogen-bond donors (Lipinski definition) is 0. The van der Waals surface area contributed by atoms with Crippen LogP contribution in [-0.4, -0.2) is 13.2 Å². The topological polar surface area (TPSA) is 57.9 Å². The number of furan rings is 1. The zero-order valence-corrected chi connectivity index (χ0v) is 10.9. The molecular formula is C10H17O5P. The standard InChI is InChI=1S/C10H17O5P/c1-5-12-16(11,13-6-2)15-10-7-8(3)14-9(10)4/h7H,5-6H2,1-4H3. The molecule has 0 aliphatic rings. The summed E-state index contributed by atoms with van der Waals surface area (Å²) in [4.78, 5) is 0. The lowest BCUT2D eigenvalue weighted by molar-refractivity contribution is 0.167. The van der Waals surface area contributed by atoms with E-state index in [4.69, 9.17) is 18.0 Å². The van der Waals surface area contributed by atoms with E-state index in [1.807, 2.05) is 0 Å². The van der Waals surface area contributed by atoms with Crippen LogP contribution in [0.2, 0.25) is 0 Å². The van der Waals surface area contributed by atoms with E-state index in [9.17, 15) is 4.57 Å². The fourth-order valence-corrected chi connectivity index (χ4v) is 2.46. The number of hydrogen-bond acceptors (Lipinski definition) is 5. The molecule has 0 spiro atoms. The summed E-state index contributed by atoms with van der Waals surface area (Å²) in [6.07, 6.45) is 0. The molecule has 0 aliphatic carbocycles. The molecule has 0 aromatic carbocycles. The average molecular weight is 248 g/mol. The molecule has 1 rings (SSSR count). The van der Waals surface area contributed by atoms with Crippen LogP contribution in [0, 0.1) is 13.8 Å². The van der Waals surface area contributed by atoms with Gasteiger partial charge in [-0.1, -0.05) is 0 Å². The molecule has 6 heteroatoms. The van der Waals surface area contributed by atoms with Gasteiger partial charge in [-0.25, -0.2) is 4.57 Å². The van der Waals surface area contributed by atoms with Gasteiger partial charge in [-0.15, -0.1) is 0 Å². The highest BCUT2D eigenvalue weighted by atomic mass is 31.2. The molecule has 0 fully saturated rings. The smallest absolute Gasteiger partial charge is 0.463 e. The maximum atomic E-state index is 12.0. The Balaban J connectivity index is 2.83. The monoisotopic (exact) mass is 248 g/mol. The average Bonchev–Trinajstić information content (AvgIpc) is 2.45. The van der Waals surface area contributed by atoms with Crippen molar-refractivity contribution in [1.82, 2.24) is 0 Å². The highest BCUT2D eigenvalue weighted by Gasteiger charge is 2.28. The van der Waals surface area contributed by atoms with Gasteiger partial charge in [0.05, 0.1) is 13.2 Å². The van der Waals surface area contributed by atoms with Gasteiger partial charge < -0.3 is 8.94 Å². The van der Waals surface area contributed by atoms with Gasteiger partial charge in [0.25, 0.3) is 0 Å². The van der Waals surface area contributed by atoms with Gasteiger partial charge in [-0.05, 0) is 27.7 Å². The lowest BCUT2D eigenvalue weighted by Crippen LogP contribution is -2.02. The third-order valence-electron chi connectivity index (χ3n) is 1.78. The molecule has 0 bridgehead atoms. The Kier molecular flexibility index (Phi) is 4.59. The first-order chi connectivity index (χ1) is 7.50. The molecule has 16 heavy (non-hydrogen) atoms. The normalized spacial score (nSPS) is 11.8. The van der Waals surface area contributed by atoms with Crippen molar-refractivity contribution in [3.8, 4) is 5.75 Å². The SMILES string of the molecule is CCOP(=O)(OCC)Oc1cc(C)oc1C. The zero-order chi connectivity index (χ0) is 12.2. The Morgan fingerprint density at radius 2 is 1.81 bits per heavy atom. The molecule has 0 N–H and O–H groups in total. The summed E-state index contributed by atoms with van der Waals surface area (Å²) < 4.78 is 32.6. The summed E-state index contributed by atoms with van der Waals surface area (Å²) in [6, 6.07) is 1.65. The molecule has 1 aromatic heterocycles. The van der Waals surface area contributed by atoms with Crippen LogP contribution in [0.3, 0.4) is 0 Å². The third-order valence-corrected chi connectivity index (χ3v) is 3.35. The minimum atomic E-state index is -3.51. The van der Waals surface area contributed by atoms with Crippen LogP contribution in [0.5, 0.6) is 5.75 Å². The number of phosphoric ester groups is 1. The maximum Gasteiger partial charge on any atom is 0.530 e. The molecule has 0 unspecified atom stereocenters. The Morgan fingerprint density at radius 3 is 2.19 bits per heavy atom. The molecule has 0 saturated carbocycles. The summed E-state index contributed by atoms with van der Waals surface area (Å²) >= 11 is 0. The zero-order valence-electron chi connectivity index (χ0n) is 9.98. The Hall–Kier alpha value is -0.770. The third kappa shape index (κ3) is 3.37. The van der Waals surface area contributed by atoms with Crippen LogP contribution >= 0.6 is 7.82 Å². The number of rotatable bonds is 6. The molecule has 0 amide bonds. The van der Waals surface area contributed by atoms with Gasteiger partial charge in [0.2, 0.25) is 0 Å². The summed E-state index contributed by atoms with van der Waals surface area (Å²) in [5.41, 5.74) is 0. The lowest BCUT2D eigenvalue weighted by atomic mass is 10.4. The van der Waals surface area contributed by atoms with Gasteiger partial charge in [-0.2, -0.15) is 0 Å². The van der Waals surface area contributed by atoms with E-state index in [2.05, 4.69) is 0 Å². The van der Waals surface area contributed by atoms with Crippen LogP contribution < -0.4 is 4.52 Å². The van der Waals surface area contributed by atoms with Crippen molar-refractivity contribution >= 4 is 7.82 Å². The molecule has 0 radical (unpaired) electrons. The molecule has 0 aliphatic heterocycles. The molecule has 1 aromatic rings. The van der Waals surface area contributed by atoms with Crippen molar-refractivity contribution in [2.45, 2.75) is 27.7 Å². The molecule has 0 atom stereocenters. The first kappa shape index (κ1) is 13.3. The van der Waals surface area contributed by atoms with Crippen LogP contribution in [0.4, 0.5) is 0 Å². The van der Waals surface area contributed by atoms with E-state index in [0.717, 1.165) is 0 Å². The van der Waals surface area contributed by atoms with E-state index >= 15 is 0 Å². The predicted octanol–water partition coefficient (Wildman–Crippen LogP) is 3.46. The highest BCUT2D eigenvalue weighted by Crippen LogP contribution is 2.50. The van der Waals surface area contributed by atoms with Crippen molar-refractivity contribution in [2.24, 2.45) is 0 Å². The van der Waals surface area contributed by atoms with Gasteiger partial charge in [-0.3, -0.25) is 9.05 Å². The van der Waals surface area contributed by atoms with E-state index in [0.29, 0.717) is 17.3 Å². The Morgan fingerprint density at radius 1 is 1.25 bits per heavy atom. The molecule has 5 nitrogen and oxygen atoms in total. The second kappa shape index (κ2) is 5.53. The fraction of sp³-hybridized carbons (Fsp3) is 0.600. The van der Waals surface area contributed by atoms with E-state index in [1.54, 1.807) is 33.8 Å². The number of aryl methyl sites for hydroxylation is 2.